The molecule has 3 heteroatoms. The molecule has 1 aromatic heterocycles. The zero-order valence-corrected chi connectivity index (χ0v) is 5.76. The molecule has 1 aromatic rings. The SMILES string of the molecule is Cc1oc(=O)n(C)c1C. The Morgan fingerprint density at radius 1 is 1.44 bits per heavy atom. The smallest absolute Gasteiger partial charge is 0.413 e. The summed E-state index contributed by atoms with van der Waals surface area (Å²) in [6.45, 7) is 3.62. The maximum atomic E-state index is 10.7. The molecule has 1 heterocycles. The molecule has 0 unspecified atom stereocenters. The number of rotatable bonds is 0. The average molecular weight is 127 g/mol. The Morgan fingerprint density at radius 3 is 2.11 bits per heavy atom. The van der Waals surface area contributed by atoms with Crippen molar-refractivity contribution in [1.29, 1.82) is 0 Å². The molecule has 9 heavy (non-hydrogen) atoms. The first-order chi connectivity index (χ1) is 4.13. The van der Waals surface area contributed by atoms with Gasteiger partial charge in [0.05, 0.1) is 5.69 Å². The van der Waals surface area contributed by atoms with E-state index in [1.807, 2.05) is 6.92 Å². The maximum absolute atomic E-state index is 10.7. The molecular formula is C6H9NO2. The monoisotopic (exact) mass is 127 g/mol. The van der Waals surface area contributed by atoms with E-state index in [9.17, 15) is 4.79 Å². The van der Waals surface area contributed by atoms with Gasteiger partial charge < -0.3 is 4.42 Å². The lowest BCUT2D eigenvalue weighted by molar-refractivity contribution is 0.472. The highest BCUT2D eigenvalue weighted by atomic mass is 16.4. The Hall–Kier alpha value is -0.990. The van der Waals surface area contributed by atoms with E-state index in [1.165, 1.54) is 4.57 Å². The first-order valence-electron chi connectivity index (χ1n) is 2.76. The van der Waals surface area contributed by atoms with Crippen molar-refractivity contribution in [3.8, 4) is 0 Å². The van der Waals surface area contributed by atoms with Crippen molar-refractivity contribution in [2.45, 2.75) is 13.8 Å². The molecule has 0 spiro atoms. The highest BCUT2D eigenvalue weighted by Gasteiger charge is 2.02. The number of hydrogen-bond acceptors (Lipinski definition) is 2. The first kappa shape index (κ1) is 6.13. The molecule has 0 N–H and O–H groups in total. The van der Waals surface area contributed by atoms with Crippen molar-refractivity contribution < 1.29 is 4.42 Å². The van der Waals surface area contributed by atoms with E-state index in [0.717, 1.165) is 5.69 Å². The number of nitrogens with zero attached hydrogens (tertiary/aromatic N) is 1. The molecule has 0 aliphatic rings. The van der Waals surface area contributed by atoms with Gasteiger partial charge in [-0.3, -0.25) is 4.57 Å². The van der Waals surface area contributed by atoms with E-state index in [4.69, 9.17) is 4.42 Å². The van der Waals surface area contributed by atoms with E-state index < -0.39 is 0 Å². The molecule has 3 nitrogen and oxygen atoms in total. The highest BCUT2D eigenvalue weighted by molar-refractivity contribution is 5.03. The largest absolute Gasteiger partial charge is 0.419 e. The summed E-state index contributed by atoms with van der Waals surface area (Å²) in [7, 11) is 1.69. The molecule has 0 amide bonds. The summed E-state index contributed by atoms with van der Waals surface area (Å²) in [5.41, 5.74) is 0.889. The van der Waals surface area contributed by atoms with Gasteiger partial charge in [0.2, 0.25) is 0 Å². The minimum Gasteiger partial charge on any atom is -0.413 e. The second-order valence-electron chi connectivity index (χ2n) is 2.07. The van der Waals surface area contributed by atoms with Crippen LogP contribution < -0.4 is 5.76 Å². The quantitative estimate of drug-likeness (QED) is 0.511. The Kier molecular flexibility index (Phi) is 1.20. The van der Waals surface area contributed by atoms with Crippen LogP contribution in [0.5, 0.6) is 0 Å². The summed E-state index contributed by atoms with van der Waals surface area (Å²) in [5.74, 6) is 0.410. The Bertz CT molecular complexity index is 269. The molecule has 0 saturated heterocycles. The lowest BCUT2D eigenvalue weighted by Crippen LogP contribution is -2.09. The number of aromatic nitrogens is 1. The average Bonchev–Trinajstić information content (AvgIpc) is 1.98. The van der Waals surface area contributed by atoms with Crippen LogP contribution in [-0.4, -0.2) is 4.57 Å². The van der Waals surface area contributed by atoms with Gasteiger partial charge >= 0.3 is 5.76 Å². The molecule has 1 rings (SSSR count). The Balaban J connectivity index is 3.47. The van der Waals surface area contributed by atoms with E-state index in [-0.39, 0.29) is 5.76 Å². The van der Waals surface area contributed by atoms with Crippen molar-refractivity contribution in [3.05, 3.63) is 22.0 Å². The lowest BCUT2D eigenvalue weighted by Gasteiger charge is -1.87. The fourth-order valence-corrected chi connectivity index (χ4v) is 0.646. The summed E-state index contributed by atoms with van der Waals surface area (Å²) in [6.07, 6.45) is 0. The van der Waals surface area contributed by atoms with Gasteiger partial charge in [0.25, 0.3) is 0 Å². The predicted molar refractivity (Wildman–Crippen MR) is 33.4 cm³/mol. The van der Waals surface area contributed by atoms with E-state index in [0.29, 0.717) is 5.76 Å². The van der Waals surface area contributed by atoms with Gasteiger partial charge in [0.15, 0.2) is 0 Å². The molecule has 0 aliphatic carbocycles. The molecule has 0 aromatic carbocycles. The standard InChI is InChI=1S/C6H9NO2/c1-4-5(2)9-6(8)7(4)3/h1-3H3. The number of hydrogen-bond donors (Lipinski definition) is 0. The summed E-state index contributed by atoms with van der Waals surface area (Å²) in [4.78, 5) is 10.7. The van der Waals surface area contributed by atoms with Gasteiger partial charge in [-0.05, 0) is 13.8 Å². The maximum Gasteiger partial charge on any atom is 0.419 e. The number of aryl methyl sites for hydroxylation is 1. The molecule has 0 fully saturated rings. The highest BCUT2D eigenvalue weighted by Crippen LogP contribution is 1.99. The molecule has 50 valence electrons. The van der Waals surface area contributed by atoms with Gasteiger partial charge in [-0.25, -0.2) is 4.79 Å². The fourth-order valence-electron chi connectivity index (χ4n) is 0.646. The second-order valence-corrected chi connectivity index (χ2v) is 2.07. The van der Waals surface area contributed by atoms with E-state index >= 15 is 0 Å². The normalized spacial score (nSPS) is 10.1. The van der Waals surface area contributed by atoms with Crippen molar-refractivity contribution in [1.82, 2.24) is 4.57 Å². The second kappa shape index (κ2) is 1.76. The number of oxazole rings is 1. The van der Waals surface area contributed by atoms with Crippen LogP contribution >= 0.6 is 0 Å². The van der Waals surface area contributed by atoms with Gasteiger partial charge in [-0.2, -0.15) is 0 Å². The first-order valence-corrected chi connectivity index (χ1v) is 2.76. The zero-order valence-electron chi connectivity index (χ0n) is 5.76. The molecule has 0 atom stereocenters. The lowest BCUT2D eigenvalue weighted by atomic mass is 10.4. The van der Waals surface area contributed by atoms with Crippen LogP contribution in [0.4, 0.5) is 0 Å². The van der Waals surface area contributed by atoms with Crippen molar-refractivity contribution in [2.75, 3.05) is 0 Å². The third kappa shape index (κ3) is 0.781. The summed E-state index contributed by atoms with van der Waals surface area (Å²) >= 11 is 0. The zero-order chi connectivity index (χ0) is 7.02. The fraction of sp³-hybridized carbons (Fsp3) is 0.500. The minimum atomic E-state index is -0.287. The third-order valence-corrected chi connectivity index (χ3v) is 1.53. The van der Waals surface area contributed by atoms with E-state index in [1.54, 1.807) is 14.0 Å². The molecule has 0 aliphatic heterocycles. The Labute approximate surface area is 52.9 Å². The summed E-state index contributed by atoms with van der Waals surface area (Å²) in [6, 6.07) is 0. The molecule has 0 saturated carbocycles. The van der Waals surface area contributed by atoms with Crippen LogP contribution in [0.1, 0.15) is 11.5 Å². The molecular weight excluding hydrogens is 118 g/mol. The van der Waals surface area contributed by atoms with E-state index in [2.05, 4.69) is 0 Å². The van der Waals surface area contributed by atoms with Crippen molar-refractivity contribution >= 4 is 0 Å². The third-order valence-electron chi connectivity index (χ3n) is 1.53. The van der Waals surface area contributed by atoms with Crippen LogP contribution in [-0.2, 0) is 7.05 Å². The van der Waals surface area contributed by atoms with Crippen molar-refractivity contribution in [3.63, 3.8) is 0 Å². The topological polar surface area (TPSA) is 35.1 Å². The Morgan fingerprint density at radius 2 is 2.00 bits per heavy atom. The summed E-state index contributed by atoms with van der Waals surface area (Å²) in [5, 5.41) is 0. The van der Waals surface area contributed by atoms with Crippen molar-refractivity contribution in [2.24, 2.45) is 7.05 Å². The van der Waals surface area contributed by atoms with Crippen LogP contribution in [0.2, 0.25) is 0 Å². The minimum absolute atomic E-state index is 0.287. The van der Waals surface area contributed by atoms with Gasteiger partial charge in [0, 0.05) is 7.05 Å². The predicted octanol–water partition coefficient (Wildman–Crippen LogP) is 0.595. The van der Waals surface area contributed by atoms with Gasteiger partial charge in [-0.15, -0.1) is 0 Å². The van der Waals surface area contributed by atoms with Crippen LogP contribution in [0.3, 0.4) is 0 Å². The van der Waals surface area contributed by atoms with Crippen LogP contribution in [0.25, 0.3) is 0 Å². The van der Waals surface area contributed by atoms with Crippen LogP contribution in [0, 0.1) is 13.8 Å². The van der Waals surface area contributed by atoms with Gasteiger partial charge in [-0.1, -0.05) is 0 Å². The molecule has 0 bridgehead atoms. The summed E-state index contributed by atoms with van der Waals surface area (Å²) < 4.78 is 6.23. The van der Waals surface area contributed by atoms with Crippen LogP contribution in [0.15, 0.2) is 9.21 Å². The van der Waals surface area contributed by atoms with Gasteiger partial charge in [0.1, 0.15) is 5.76 Å². The molecule has 0 radical (unpaired) electrons.